The van der Waals surface area contributed by atoms with Crippen molar-refractivity contribution in [1.82, 2.24) is 5.32 Å². The largest absolute Gasteiger partial charge is 0.449 e. The average molecular weight is 338 g/mol. The highest BCUT2D eigenvalue weighted by atomic mass is 16.5. The zero-order valence-corrected chi connectivity index (χ0v) is 15.4. The second-order valence-corrected chi connectivity index (χ2v) is 7.86. The Morgan fingerprint density at radius 3 is 2.25 bits per heavy atom. The standard InChI is InChI=1S/C19H35N3O2/c1-19(12-13-19)16-24-18(23)22-17-10-7-5-3-2-4-6-8-14-20-21-15-9-11-17/h17H,2-16H2,1H3,(H,22,23). The molecule has 1 fully saturated rings. The van der Waals surface area contributed by atoms with E-state index in [2.05, 4.69) is 22.5 Å². The third-order valence-electron chi connectivity index (χ3n) is 5.20. The molecule has 0 bridgehead atoms. The Morgan fingerprint density at radius 2 is 1.54 bits per heavy atom. The molecule has 0 radical (unpaired) electrons. The predicted octanol–water partition coefficient (Wildman–Crippen LogP) is 5.25. The Kier molecular flexibility index (Phi) is 8.54. The number of rotatable bonds is 3. The van der Waals surface area contributed by atoms with Crippen molar-refractivity contribution in [3.8, 4) is 0 Å². The Balaban J connectivity index is 1.71. The monoisotopic (exact) mass is 337 g/mol. The van der Waals surface area contributed by atoms with Crippen LogP contribution in [-0.2, 0) is 4.74 Å². The summed E-state index contributed by atoms with van der Waals surface area (Å²) in [5, 5.41) is 11.6. The van der Waals surface area contributed by atoms with Gasteiger partial charge in [0.25, 0.3) is 0 Å². The fraction of sp³-hybridized carbons (Fsp3) is 0.947. The van der Waals surface area contributed by atoms with E-state index in [1.54, 1.807) is 0 Å². The van der Waals surface area contributed by atoms with E-state index in [0.717, 1.165) is 32.4 Å². The predicted molar refractivity (Wildman–Crippen MR) is 96.4 cm³/mol. The number of azo groups is 1. The van der Waals surface area contributed by atoms with Crippen molar-refractivity contribution in [2.75, 3.05) is 19.7 Å². The summed E-state index contributed by atoms with van der Waals surface area (Å²) in [7, 11) is 0. The van der Waals surface area contributed by atoms with Gasteiger partial charge in [0.1, 0.15) is 0 Å². The molecule has 1 aliphatic heterocycles. The highest BCUT2D eigenvalue weighted by molar-refractivity contribution is 5.67. The van der Waals surface area contributed by atoms with Crippen LogP contribution < -0.4 is 5.32 Å². The van der Waals surface area contributed by atoms with Crippen molar-refractivity contribution in [2.24, 2.45) is 15.6 Å². The van der Waals surface area contributed by atoms with E-state index in [4.69, 9.17) is 4.74 Å². The van der Waals surface area contributed by atoms with Crippen molar-refractivity contribution >= 4 is 6.09 Å². The van der Waals surface area contributed by atoms with Gasteiger partial charge in [-0.05, 0) is 38.5 Å². The summed E-state index contributed by atoms with van der Waals surface area (Å²) in [6.07, 6.45) is 13.9. The maximum absolute atomic E-state index is 12.0. The number of ether oxygens (including phenoxy) is 1. The number of carbonyl (C=O) groups is 1. The molecule has 24 heavy (non-hydrogen) atoms. The first-order valence-electron chi connectivity index (χ1n) is 9.95. The molecule has 2 aliphatic rings. The van der Waals surface area contributed by atoms with Crippen molar-refractivity contribution in [1.29, 1.82) is 0 Å². The third kappa shape index (κ3) is 8.65. The zero-order valence-electron chi connectivity index (χ0n) is 15.4. The van der Waals surface area contributed by atoms with E-state index in [-0.39, 0.29) is 17.6 Å². The summed E-state index contributed by atoms with van der Waals surface area (Å²) in [4.78, 5) is 12.0. The first-order valence-corrected chi connectivity index (χ1v) is 9.95. The van der Waals surface area contributed by atoms with Gasteiger partial charge >= 0.3 is 6.09 Å². The molecule has 138 valence electrons. The Morgan fingerprint density at radius 1 is 0.958 bits per heavy atom. The molecule has 5 heteroatoms. The molecule has 0 aromatic carbocycles. The van der Waals surface area contributed by atoms with Gasteiger partial charge < -0.3 is 10.1 Å². The van der Waals surface area contributed by atoms with E-state index in [9.17, 15) is 4.79 Å². The van der Waals surface area contributed by atoms with E-state index in [1.807, 2.05) is 0 Å². The average Bonchev–Trinajstić information content (AvgIpc) is 3.30. The fourth-order valence-electron chi connectivity index (χ4n) is 3.10. The Bertz CT molecular complexity index is 394. The molecule has 1 N–H and O–H groups in total. The van der Waals surface area contributed by atoms with Crippen molar-refractivity contribution in [2.45, 2.75) is 90.0 Å². The molecule has 1 atom stereocenters. The van der Waals surface area contributed by atoms with Crippen molar-refractivity contribution in [3.05, 3.63) is 0 Å². The fourth-order valence-corrected chi connectivity index (χ4v) is 3.10. The second kappa shape index (κ2) is 10.7. The van der Waals surface area contributed by atoms with Crippen LogP contribution in [0.5, 0.6) is 0 Å². The molecule has 0 aromatic heterocycles. The minimum Gasteiger partial charge on any atom is -0.449 e. The van der Waals surface area contributed by atoms with Crippen LogP contribution in [0.15, 0.2) is 10.2 Å². The molecule has 0 spiro atoms. The maximum atomic E-state index is 12.0. The minimum absolute atomic E-state index is 0.213. The van der Waals surface area contributed by atoms with E-state index >= 15 is 0 Å². The molecule has 1 aliphatic carbocycles. The summed E-state index contributed by atoms with van der Waals surface area (Å²) < 4.78 is 5.41. The normalized spacial score (nSPS) is 26.0. The molecule has 1 amide bonds. The first-order chi connectivity index (χ1) is 11.7. The van der Waals surface area contributed by atoms with E-state index < -0.39 is 0 Å². The van der Waals surface area contributed by atoms with Gasteiger partial charge in [-0.2, -0.15) is 10.2 Å². The van der Waals surface area contributed by atoms with E-state index in [1.165, 1.54) is 57.8 Å². The molecule has 1 unspecified atom stereocenters. The van der Waals surface area contributed by atoms with Gasteiger partial charge in [0, 0.05) is 11.5 Å². The quantitative estimate of drug-likeness (QED) is 0.764. The van der Waals surface area contributed by atoms with Crippen LogP contribution in [-0.4, -0.2) is 31.8 Å². The Hall–Kier alpha value is -1.13. The summed E-state index contributed by atoms with van der Waals surface area (Å²) in [6, 6.07) is 0.213. The van der Waals surface area contributed by atoms with Gasteiger partial charge in [0.05, 0.1) is 19.7 Å². The Labute approximate surface area is 147 Å². The number of carbonyl (C=O) groups excluding carboxylic acids is 1. The third-order valence-corrected chi connectivity index (χ3v) is 5.20. The number of hydrogen-bond acceptors (Lipinski definition) is 4. The topological polar surface area (TPSA) is 63.0 Å². The van der Waals surface area contributed by atoms with Gasteiger partial charge in [0.15, 0.2) is 0 Å². The maximum Gasteiger partial charge on any atom is 0.407 e. The summed E-state index contributed by atoms with van der Waals surface area (Å²) in [6.45, 7) is 4.37. The lowest BCUT2D eigenvalue weighted by atomic mass is 10.0. The molecule has 1 heterocycles. The highest BCUT2D eigenvalue weighted by Crippen LogP contribution is 2.44. The van der Waals surface area contributed by atoms with Gasteiger partial charge in [-0.3, -0.25) is 0 Å². The second-order valence-electron chi connectivity index (χ2n) is 7.86. The molecule has 0 saturated heterocycles. The lowest BCUT2D eigenvalue weighted by Crippen LogP contribution is -2.36. The van der Waals surface area contributed by atoms with Crippen LogP contribution in [0.25, 0.3) is 0 Å². The lowest BCUT2D eigenvalue weighted by molar-refractivity contribution is 0.120. The number of alkyl carbamates (subject to hydrolysis) is 1. The van der Waals surface area contributed by atoms with E-state index in [0.29, 0.717) is 6.61 Å². The lowest BCUT2D eigenvalue weighted by Gasteiger charge is -2.19. The number of nitrogens with zero attached hydrogens (tertiary/aromatic N) is 2. The van der Waals surface area contributed by atoms with Gasteiger partial charge in [-0.25, -0.2) is 4.79 Å². The van der Waals surface area contributed by atoms with Gasteiger partial charge in [0.2, 0.25) is 0 Å². The zero-order chi connectivity index (χ0) is 17.1. The summed E-state index contributed by atoms with van der Waals surface area (Å²) in [5.74, 6) is 0. The van der Waals surface area contributed by atoms with Crippen LogP contribution in [0.3, 0.4) is 0 Å². The smallest absolute Gasteiger partial charge is 0.407 e. The summed E-state index contributed by atoms with van der Waals surface area (Å²) in [5.41, 5.74) is 0.249. The molecular weight excluding hydrogens is 302 g/mol. The molecule has 2 rings (SSSR count). The molecule has 0 aromatic rings. The van der Waals surface area contributed by atoms with Gasteiger partial charge in [-0.15, -0.1) is 0 Å². The minimum atomic E-state index is -0.243. The molecule has 5 nitrogen and oxygen atoms in total. The number of amides is 1. The van der Waals surface area contributed by atoms with Gasteiger partial charge in [-0.1, -0.05) is 45.4 Å². The molecular formula is C19H35N3O2. The van der Waals surface area contributed by atoms with Crippen molar-refractivity contribution < 1.29 is 9.53 Å². The van der Waals surface area contributed by atoms with Crippen LogP contribution in [0, 0.1) is 5.41 Å². The number of hydrogen-bond donors (Lipinski definition) is 1. The highest BCUT2D eigenvalue weighted by Gasteiger charge is 2.38. The number of nitrogens with one attached hydrogen (secondary N) is 1. The summed E-state index contributed by atoms with van der Waals surface area (Å²) >= 11 is 0. The van der Waals surface area contributed by atoms with Crippen LogP contribution in [0.4, 0.5) is 4.79 Å². The SMILES string of the molecule is CC1(COC(=O)NC2CCCCCCCCCN=NCCC2)CC1. The van der Waals surface area contributed by atoms with Crippen molar-refractivity contribution in [3.63, 3.8) is 0 Å². The van der Waals surface area contributed by atoms with Crippen LogP contribution in [0.1, 0.15) is 84.0 Å². The van der Waals surface area contributed by atoms with Crippen LogP contribution in [0.2, 0.25) is 0 Å². The molecule has 1 saturated carbocycles. The van der Waals surface area contributed by atoms with Crippen LogP contribution >= 0.6 is 0 Å². The first kappa shape index (κ1) is 19.2.